The van der Waals surface area contributed by atoms with E-state index in [4.69, 9.17) is 0 Å². The molecule has 1 unspecified atom stereocenters. The number of alkyl halides is 3. The first kappa shape index (κ1) is 21.6. The Kier molecular flexibility index (Phi) is 5.97. The second kappa shape index (κ2) is 8.85. The van der Waals surface area contributed by atoms with Crippen LogP contribution in [0.5, 0.6) is 0 Å². The average Bonchev–Trinajstić information content (AvgIpc) is 2.79. The van der Waals surface area contributed by atoms with E-state index in [1.807, 2.05) is 0 Å². The molecule has 2 aromatic heterocycles. The summed E-state index contributed by atoms with van der Waals surface area (Å²) in [7, 11) is 0. The Balaban J connectivity index is 1.51. The highest BCUT2D eigenvalue weighted by Gasteiger charge is 2.33. The highest BCUT2D eigenvalue weighted by atomic mass is 19.4. The zero-order valence-electron chi connectivity index (χ0n) is 16.7. The molecular formula is C21H18F4N6O. The van der Waals surface area contributed by atoms with Crippen LogP contribution in [0.4, 0.5) is 23.4 Å². The third kappa shape index (κ3) is 4.66. The van der Waals surface area contributed by atoms with Gasteiger partial charge in [-0.05, 0) is 31.0 Å². The van der Waals surface area contributed by atoms with Gasteiger partial charge in [-0.2, -0.15) is 13.2 Å². The van der Waals surface area contributed by atoms with Crippen LogP contribution in [0.15, 0.2) is 49.1 Å². The Hall–Kier alpha value is -3.63. The number of hydrogen-bond acceptors (Lipinski definition) is 6. The van der Waals surface area contributed by atoms with Gasteiger partial charge in [0, 0.05) is 31.5 Å². The third-order valence-corrected chi connectivity index (χ3v) is 5.04. The number of carbonyl (C=O) groups is 1. The smallest absolute Gasteiger partial charge is 0.364 e. The lowest BCUT2D eigenvalue weighted by atomic mass is 10.0. The lowest BCUT2D eigenvalue weighted by molar-refractivity contribution is -0.141. The van der Waals surface area contributed by atoms with Gasteiger partial charge >= 0.3 is 6.18 Å². The molecule has 1 saturated heterocycles. The van der Waals surface area contributed by atoms with Crippen molar-refractivity contribution < 1.29 is 22.4 Å². The van der Waals surface area contributed by atoms with Gasteiger partial charge in [0.05, 0.1) is 23.5 Å². The Morgan fingerprint density at radius 1 is 1.06 bits per heavy atom. The maximum Gasteiger partial charge on any atom is 0.434 e. The molecule has 11 heteroatoms. The van der Waals surface area contributed by atoms with Crippen molar-refractivity contribution in [2.45, 2.75) is 25.1 Å². The number of aromatic nitrogens is 4. The molecule has 3 heterocycles. The normalized spacial score (nSPS) is 16.6. The SMILES string of the molecule is O=C(c1cccc(F)c1-c1ncccn1)N1CCCC(Nc2cnc(C(F)(F)F)cn2)C1. The van der Waals surface area contributed by atoms with Crippen LogP contribution in [0.3, 0.4) is 0 Å². The number of amides is 1. The number of rotatable bonds is 4. The van der Waals surface area contributed by atoms with Gasteiger partial charge < -0.3 is 10.2 Å². The minimum absolute atomic E-state index is 0.0294. The number of piperidine rings is 1. The number of benzene rings is 1. The van der Waals surface area contributed by atoms with Crippen LogP contribution >= 0.6 is 0 Å². The van der Waals surface area contributed by atoms with Crippen LogP contribution in [0.25, 0.3) is 11.4 Å². The fourth-order valence-electron chi connectivity index (χ4n) is 3.57. The van der Waals surface area contributed by atoms with Crippen molar-refractivity contribution in [3.8, 4) is 11.4 Å². The van der Waals surface area contributed by atoms with Crippen molar-refractivity contribution in [3.05, 3.63) is 66.1 Å². The first-order chi connectivity index (χ1) is 15.3. The van der Waals surface area contributed by atoms with Gasteiger partial charge in [-0.15, -0.1) is 0 Å². The number of anilines is 1. The molecule has 166 valence electrons. The maximum absolute atomic E-state index is 14.6. The summed E-state index contributed by atoms with van der Waals surface area (Å²) in [6, 6.07) is 5.56. The van der Waals surface area contributed by atoms with E-state index < -0.39 is 17.7 Å². The number of likely N-dealkylation sites (tertiary alicyclic amines) is 1. The predicted molar refractivity (Wildman–Crippen MR) is 107 cm³/mol. The molecule has 0 aliphatic carbocycles. The molecule has 1 aliphatic rings. The van der Waals surface area contributed by atoms with E-state index in [0.717, 1.165) is 6.20 Å². The summed E-state index contributed by atoms with van der Waals surface area (Å²) in [4.78, 5) is 30.1. The van der Waals surface area contributed by atoms with E-state index in [1.165, 1.54) is 30.6 Å². The van der Waals surface area contributed by atoms with Gasteiger partial charge in [-0.25, -0.2) is 24.3 Å². The van der Waals surface area contributed by atoms with E-state index in [-0.39, 0.29) is 41.3 Å². The molecule has 0 bridgehead atoms. The van der Waals surface area contributed by atoms with Crippen molar-refractivity contribution in [1.29, 1.82) is 0 Å². The van der Waals surface area contributed by atoms with Crippen molar-refractivity contribution in [2.24, 2.45) is 0 Å². The van der Waals surface area contributed by atoms with Crippen LogP contribution < -0.4 is 5.32 Å². The fourth-order valence-corrected chi connectivity index (χ4v) is 3.57. The Bertz CT molecular complexity index is 1090. The van der Waals surface area contributed by atoms with Crippen LogP contribution in [0.2, 0.25) is 0 Å². The Morgan fingerprint density at radius 3 is 2.53 bits per heavy atom. The van der Waals surface area contributed by atoms with Crippen molar-refractivity contribution in [1.82, 2.24) is 24.8 Å². The number of carbonyl (C=O) groups excluding carboxylic acids is 1. The zero-order valence-corrected chi connectivity index (χ0v) is 16.7. The molecule has 1 amide bonds. The number of hydrogen-bond donors (Lipinski definition) is 1. The number of nitrogens with zero attached hydrogens (tertiary/aromatic N) is 5. The highest BCUT2D eigenvalue weighted by Crippen LogP contribution is 2.28. The Labute approximate surface area is 180 Å². The summed E-state index contributed by atoms with van der Waals surface area (Å²) in [6.45, 7) is 0.731. The zero-order chi connectivity index (χ0) is 22.7. The van der Waals surface area contributed by atoms with E-state index in [0.29, 0.717) is 25.6 Å². The molecular weight excluding hydrogens is 428 g/mol. The van der Waals surface area contributed by atoms with Crippen LogP contribution in [0.1, 0.15) is 28.9 Å². The number of halogens is 4. The minimum atomic E-state index is -4.56. The van der Waals surface area contributed by atoms with Gasteiger partial charge in [0.25, 0.3) is 5.91 Å². The van der Waals surface area contributed by atoms with Crippen LogP contribution in [-0.4, -0.2) is 49.9 Å². The predicted octanol–water partition coefficient (Wildman–Crippen LogP) is 3.81. The van der Waals surface area contributed by atoms with Crippen LogP contribution in [-0.2, 0) is 6.18 Å². The van der Waals surface area contributed by atoms with E-state index in [1.54, 1.807) is 11.0 Å². The molecule has 7 nitrogen and oxygen atoms in total. The summed E-state index contributed by atoms with van der Waals surface area (Å²) >= 11 is 0. The standard InChI is InChI=1S/C21H18F4N6O/c22-15-6-1-5-14(18(15)19-26-7-3-8-27-19)20(32)31-9-2-4-13(12-31)30-17-11-28-16(10-29-17)21(23,24)25/h1,3,5-8,10-11,13H,2,4,9,12H2,(H,29,30). The van der Waals surface area contributed by atoms with Gasteiger partial charge in [0.2, 0.25) is 0 Å². The molecule has 32 heavy (non-hydrogen) atoms. The quantitative estimate of drug-likeness (QED) is 0.614. The minimum Gasteiger partial charge on any atom is -0.364 e. The van der Waals surface area contributed by atoms with Crippen molar-refractivity contribution in [3.63, 3.8) is 0 Å². The topological polar surface area (TPSA) is 83.9 Å². The summed E-state index contributed by atoms with van der Waals surface area (Å²) in [5, 5.41) is 3.02. The maximum atomic E-state index is 14.6. The van der Waals surface area contributed by atoms with Gasteiger partial charge in [-0.3, -0.25) is 4.79 Å². The molecule has 1 N–H and O–H groups in total. The van der Waals surface area contributed by atoms with E-state index >= 15 is 0 Å². The Morgan fingerprint density at radius 2 is 1.84 bits per heavy atom. The molecule has 0 saturated carbocycles. The molecule has 1 atom stereocenters. The first-order valence-corrected chi connectivity index (χ1v) is 9.84. The fraction of sp³-hybridized carbons (Fsp3) is 0.286. The van der Waals surface area contributed by atoms with Crippen LogP contribution in [0, 0.1) is 5.82 Å². The summed E-state index contributed by atoms with van der Waals surface area (Å²) in [5.41, 5.74) is -0.904. The second-order valence-electron chi connectivity index (χ2n) is 7.25. The molecule has 1 aromatic carbocycles. The highest BCUT2D eigenvalue weighted by molar-refractivity contribution is 6.00. The van der Waals surface area contributed by atoms with E-state index in [9.17, 15) is 22.4 Å². The second-order valence-corrected chi connectivity index (χ2v) is 7.25. The lowest BCUT2D eigenvalue weighted by Gasteiger charge is -2.33. The van der Waals surface area contributed by atoms with Gasteiger partial charge in [-0.1, -0.05) is 6.07 Å². The molecule has 3 aromatic rings. The van der Waals surface area contributed by atoms with E-state index in [2.05, 4.69) is 25.3 Å². The average molecular weight is 446 g/mol. The molecule has 0 spiro atoms. The van der Waals surface area contributed by atoms with Crippen molar-refractivity contribution >= 4 is 11.7 Å². The molecule has 4 rings (SSSR count). The number of nitrogens with one attached hydrogen (secondary N) is 1. The third-order valence-electron chi connectivity index (χ3n) is 5.04. The summed E-state index contributed by atoms with van der Waals surface area (Å²) in [5.74, 6) is -0.687. The summed E-state index contributed by atoms with van der Waals surface area (Å²) < 4.78 is 52.6. The van der Waals surface area contributed by atoms with Gasteiger partial charge in [0.1, 0.15) is 11.6 Å². The lowest BCUT2D eigenvalue weighted by Crippen LogP contribution is -2.45. The van der Waals surface area contributed by atoms with Gasteiger partial charge in [0.15, 0.2) is 11.5 Å². The largest absolute Gasteiger partial charge is 0.434 e. The first-order valence-electron chi connectivity index (χ1n) is 9.84. The molecule has 1 fully saturated rings. The van der Waals surface area contributed by atoms with Crippen molar-refractivity contribution in [2.75, 3.05) is 18.4 Å². The molecule has 1 aliphatic heterocycles. The summed E-state index contributed by atoms with van der Waals surface area (Å²) in [6.07, 6.45) is 1.39. The molecule has 0 radical (unpaired) electrons. The monoisotopic (exact) mass is 446 g/mol.